The average molecular weight is 344 g/mol. The number of Topliss-reactive ketones (excluding diaryl/α,β-unsaturated/α-hetero) is 1. The van der Waals surface area contributed by atoms with Crippen molar-refractivity contribution >= 4 is 27.6 Å². The molecule has 0 saturated carbocycles. The number of methoxy groups -OCH3 is 1. The highest BCUT2D eigenvalue weighted by molar-refractivity contribution is 9.10. The van der Waals surface area contributed by atoms with Gasteiger partial charge in [-0.1, -0.05) is 0 Å². The maximum absolute atomic E-state index is 11.9. The molecule has 110 valence electrons. The molecule has 1 atom stereocenters. The number of halogens is 1. The number of ether oxygens (including phenoxy) is 1. The molecule has 0 spiro atoms. The molecule has 1 aliphatic heterocycles. The summed E-state index contributed by atoms with van der Waals surface area (Å²) < 4.78 is 7.34. The summed E-state index contributed by atoms with van der Waals surface area (Å²) in [6.07, 6.45) is 0.706. The van der Waals surface area contributed by atoms with Crippen LogP contribution in [0.1, 0.15) is 31.1 Å². The summed E-state index contributed by atoms with van der Waals surface area (Å²) in [5.74, 6) is 0.0399. The SMILES string of the molecule is COCC(=O)C(C)n1nc(Br)c2c1CCN(C(C)=O)C2. The number of nitrogens with zero attached hydrogens (tertiary/aromatic N) is 3. The number of fused-ring (bicyclic) bond motifs is 1. The molecule has 2 heterocycles. The number of hydrogen-bond donors (Lipinski definition) is 0. The fourth-order valence-corrected chi connectivity index (χ4v) is 2.92. The molecule has 1 aromatic heterocycles. The fourth-order valence-electron chi connectivity index (χ4n) is 2.39. The number of aromatic nitrogens is 2. The molecule has 0 N–H and O–H groups in total. The van der Waals surface area contributed by atoms with Gasteiger partial charge in [0, 0.05) is 38.3 Å². The van der Waals surface area contributed by atoms with E-state index in [0.29, 0.717) is 24.1 Å². The van der Waals surface area contributed by atoms with Gasteiger partial charge < -0.3 is 9.64 Å². The first-order valence-corrected chi connectivity index (χ1v) is 7.28. The lowest BCUT2D eigenvalue weighted by atomic mass is 10.1. The predicted octanol–water partition coefficient (Wildman–Crippen LogP) is 1.33. The van der Waals surface area contributed by atoms with Crippen LogP contribution in [-0.2, 0) is 27.3 Å². The van der Waals surface area contributed by atoms with E-state index in [-0.39, 0.29) is 24.3 Å². The molecular weight excluding hydrogens is 326 g/mol. The Morgan fingerprint density at radius 2 is 2.20 bits per heavy atom. The zero-order valence-electron chi connectivity index (χ0n) is 11.9. The predicted molar refractivity (Wildman–Crippen MR) is 76.3 cm³/mol. The molecule has 20 heavy (non-hydrogen) atoms. The van der Waals surface area contributed by atoms with Crippen molar-refractivity contribution in [1.82, 2.24) is 14.7 Å². The third kappa shape index (κ3) is 2.78. The quantitative estimate of drug-likeness (QED) is 0.827. The van der Waals surface area contributed by atoms with Gasteiger partial charge in [0.2, 0.25) is 5.91 Å². The molecule has 0 aromatic carbocycles. The van der Waals surface area contributed by atoms with Crippen LogP contribution in [0.5, 0.6) is 0 Å². The minimum atomic E-state index is -0.362. The Morgan fingerprint density at radius 1 is 1.50 bits per heavy atom. The molecular formula is C13H18BrN3O3. The standard InChI is InChI=1S/C13H18BrN3O3/c1-8(12(19)7-20-3)17-11-4-5-16(9(2)18)6-10(11)13(14)15-17/h8H,4-7H2,1-3H3. The van der Waals surface area contributed by atoms with E-state index >= 15 is 0 Å². The number of carbonyl (C=O) groups excluding carboxylic acids is 2. The molecule has 1 aliphatic rings. The van der Waals surface area contributed by atoms with Gasteiger partial charge in [-0.05, 0) is 22.9 Å². The van der Waals surface area contributed by atoms with Crippen molar-refractivity contribution in [1.29, 1.82) is 0 Å². The van der Waals surface area contributed by atoms with Crippen molar-refractivity contribution in [2.75, 3.05) is 20.3 Å². The lowest BCUT2D eigenvalue weighted by Gasteiger charge is -2.27. The zero-order valence-corrected chi connectivity index (χ0v) is 13.4. The molecule has 0 fully saturated rings. The number of amides is 1. The Kier molecular flexibility index (Phi) is 4.59. The van der Waals surface area contributed by atoms with Gasteiger partial charge in [-0.15, -0.1) is 0 Å². The van der Waals surface area contributed by atoms with Crippen LogP contribution >= 0.6 is 15.9 Å². The third-order valence-corrected chi connectivity index (χ3v) is 4.24. The Hall–Kier alpha value is -1.21. The van der Waals surface area contributed by atoms with Crippen molar-refractivity contribution in [2.24, 2.45) is 0 Å². The maximum atomic E-state index is 11.9. The van der Waals surface area contributed by atoms with E-state index in [1.54, 1.807) is 16.5 Å². The van der Waals surface area contributed by atoms with Gasteiger partial charge >= 0.3 is 0 Å². The van der Waals surface area contributed by atoms with Gasteiger partial charge in [0.1, 0.15) is 17.3 Å². The second kappa shape index (κ2) is 6.05. The van der Waals surface area contributed by atoms with E-state index in [9.17, 15) is 9.59 Å². The molecule has 6 nitrogen and oxygen atoms in total. The topological polar surface area (TPSA) is 64.4 Å². The molecule has 1 unspecified atom stereocenters. The summed E-state index contributed by atoms with van der Waals surface area (Å²) in [6.45, 7) is 4.65. The summed E-state index contributed by atoms with van der Waals surface area (Å²) in [6, 6.07) is -0.362. The Balaban J connectivity index is 2.29. The second-order valence-electron chi connectivity index (χ2n) is 4.93. The van der Waals surface area contributed by atoms with Crippen molar-refractivity contribution < 1.29 is 14.3 Å². The van der Waals surface area contributed by atoms with E-state index in [0.717, 1.165) is 11.3 Å². The maximum Gasteiger partial charge on any atom is 0.219 e. The fraction of sp³-hybridized carbons (Fsp3) is 0.615. The molecule has 0 saturated heterocycles. The minimum Gasteiger partial charge on any atom is -0.377 e. The molecule has 0 radical (unpaired) electrons. The third-order valence-electron chi connectivity index (χ3n) is 3.60. The van der Waals surface area contributed by atoms with Gasteiger partial charge in [-0.3, -0.25) is 14.3 Å². The molecule has 0 bridgehead atoms. The normalized spacial score (nSPS) is 15.9. The van der Waals surface area contributed by atoms with Gasteiger partial charge in [-0.2, -0.15) is 5.10 Å². The van der Waals surface area contributed by atoms with Crippen molar-refractivity contribution in [2.45, 2.75) is 32.9 Å². The average Bonchev–Trinajstić information content (AvgIpc) is 2.75. The van der Waals surface area contributed by atoms with Crippen LogP contribution in [0.4, 0.5) is 0 Å². The second-order valence-corrected chi connectivity index (χ2v) is 5.68. The first-order chi connectivity index (χ1) is 9.45. The molecule has 1 amide bonds. The van der Waals surface area contributed by atoms with Crippen LogP contribution in [0.2, 0.25) is 0 Å². The number of ketones is 1. The summed E-state index contributed by atoms with van der Waals surface area (Å²) in [5, 5.41) is 4.41. The lowest BCUT2D eigenvalue weighted by Crippen LogP contribution is -2.35. The van der Waals surface area contributed by atoms with E-state index in [1.165, 1.54) is 7.11 Å². The van der Waals surface area contributed by atoms with Gasteiger partial charge in [-0.25, -0.2) is 0 Å². The highest BCUT2D eigenvalue weighted by Gasteiger charge is 2.28. The van der Waals surface area contributed by atoms with Crippen LogP contribution in [0.25, 0.3) is 0 Å². The summed E-state index contributed by atoms with van der Waals surface area (Å²) in [5.41, 5.74) is 2.01. The van der Waals surface area contributed by atoms with Crippen molar-refractivity contribution in [3.8, 4) is 0 Å². The summed E-state index contributed by atoms with van der Waals surface area (Å²) >= 11 is 3.42. The smallest absolute Gasteiger partial charge is 0.219 e. The largest absolute Gasteiger partial charge is 0.377 e. The van der Waals surface area contributed by atoms with Gasteiger partial charge in [0.05, 0.1) is 6.54 Å². The van der Waals surface area contributed by atoms with E-state index in [1.807, 2.05) is 6.92 Å². The van der Waals surface area contributed by atoms with Crippen LogP contribution < -0.4 is 0 Å². The molecule has 2 rings (SSSR count). The van der Waals surface area contributed by atoms with Gasteiger partial charge in [0.25, 0.3) is 0 Å². The van der Waals surface area contributed by atoms with E-state index < -0.39 is 0 Å². The van der Waals surface area contributed by atoms with E-state index in [2.05, 4.69) is 21.0 Å². The van der Waals surface area contributed by atoms with Crippen LogP contribution in [0.3, 0.4) is 0 Å². The summed E-state index contributed by atoms with van der Waals surface area (Å²) in [4.78, 5) is 25.2. The molecule has 7 heteroatoms. The number of rotatable bonds is 4. The zero-order chi connectivity index (χ0) is 14.9. The monoisotopic (exact) mass is 343 g/mol. The van der Waals surface area contributed by atoms with Gasteiger partial charge in [0.15, 0.2) is 5.78 Å². The Bertz CT molecular complexity index is 541. The van der Waals surface area contributed by atoms with E-state index in [4.69, 9.17) is 4.74 Å². The first-order valence-electron chi connectivity index (χ1n) is 6.48. The molecule has 0 aliphatic carbocycles. The number of hydrogen-bond acceptors (Lipinski definition) is 4. The summed E-state index contributed by atoms with van der Waals surface area (Å²) in [7, 11) is 1.50. The first kappa shape index (κ1) is 15.2. The minimum absolute atomic E-state index is 0.0145. The van der Waals surface area contributed by atoms with Crippen LogP contribution in [-0.4, -0.2) is 46.6 Å². The number of carbonyl (C=O) groups is 2. The van der Waals surface area contributed by atoms with Crippen LogP contribution in [0, 0.1) is 0 Å². The van der Waals surface area contributed by atoms with Crippen molar-refractivity contribution in [3.05, 3.63) is 15.9 Å². The lowest BCUT2D eigenvalue weighted by molar-refractivity contribution is -0.130. The highest BCUT2D eigenvalue weighted by Crippen LogP contribution is 2.28. The van der Waals surface area contributed by atoms with Crippen LogP contribution in [0.15, 0.2) is 4.60 Å². The Morgan fingerprint density at radius 3 is 2.80 bits per heavy atom. The highest BCUT2D eigenvalue weighted by atomic mass is 79.9. The van der Waals surface area contributed by atoms with Crippen molar-refractivity contribution in [3.63, 3.8) is 0 Å². The Labute approximate surface area is 126 Å². The molecule has 1 aromatic rings.